The maximum Gasteiger partial charge on any atom is 0.226 e. The number of hydrogen-bond acceptors (Lipinski definition) is 4. The van der Waals surface area contributed by atoms with Crippen molar-refractivity contribution in [1.29, 1.82) is 0 Å². The van der Waals surface area contributed by atoms with Crippen molar-refractivity contribution in [3.05, 3.63) is 45.9 Å². The van der Waals surface area contributed by atoms with Gasteiger partial charge in [-0.3, -0.25) is 9.00 Å². The van der Waals surface area contributed by atoms with Crippen molar-refractivity contribution >= 4 is 28.0 Å². The molecule has 4 nitrogen and oxygen atoms in total. The van der Waals surface area contributed by atoms with E-state index in [1.165, 1.54) is 16.9 Å². The van der Waals surface area contributed by atoms with E-state index in [1.807, 2.05) is 29.6 Å². The Bertz CT molecular complexity index is 663. The first kappa shape index (κ1) is 16.8. The van der Waals surface area contributed by atoms with Crippen LogP contribution in [0.5, 0.6) is 0 Å². The van der Waals surface area contributed by atoms with Crippen LogP contribution in [0.4, 0.5) is 0 Å². The second-order valence-electron chi connectivity index (χ2n) is 5.30. The van der Waals surface area contributed by atoms with Crippen molar-refractivity contribution in [2.45, 2.75) is 36.8 Å². The van der Waals surface area contributed by atoms with Crippen molar-refractivity contribution in [1.82, 2.24) is 10.3 Å². The summed E-state index contributed by atoms with van der Waals surface area (Å²) in [7, 11) is 0.490. The predicted molar refractivity (Wildman–Crippen MR) is 90.5 cm³/mol. The lowest BCUT2D eigenvalue weighted by molar-refractivity contribution is -0.119. The van der Waals surface area contributed by atoms with Crippen molar-refractivity contribution in [2.75, 3.05) is 7.05 Å². The molecule has 1 N–H and O–H groups in total. The average molecular weight is 336 g/mol. The molecule has 0 aliphatic heterocycles. The number of benzene rings is 1. The van der Waals surface area contributed by atoms with E-state index in [2.05, 4.69) is 24.1 Å². The number of carbonyl (C=O) groups is 1. The molecule has 2 rings (SSSR count). The predicted octanol–water partition coefficient (Wildman–Crippen LogP) is 2.86. The largest absolute Gasteiger partial charge is 0.359 e. The van der Waals surface area contributed by atoms with Crippen LogP contribution in [0.25, 0.3) is 0 Å². The van der Waals surface area contributed by atoms with Crippen LogP contribution in [0, 0.1) is 0 Å². The Balaban J connectivity index is 2.01. The highest BCUT2D eigenvalue weighted by molar-refractivity contribution is 7.84. The number of amides is 1. The summed E-state index contributed by atoms with van der Waals surface area (Å²) in [6, 6.07) is 7.89. The standard InChI is InChI=1S/C16H20N2O2S2/c1-11(2)12-4-6-14(7-5-12)22(20)10-13-9-21-16(18-13)8-15(19)17-3/h4-7,9,11H,8,10H2,1-3H3,(H,17,19)/t22-/m1/s1. The third-order valence-corrected chi connectivity index (χ3v) is 5.53. The lowest BCUT2D eigenvalue weighted by atomic mass is 10.0. The molecule has 0 saturated carbocycles. The van der Waals surface area contributed by atoms with Crippen LogP contribution in [-0.4, -0.2) is 22.1 Å². The molecule has 6 heteroatoms. The fraction of sp³-hybridized carbons (Fsp3) is 0.375. The van der Waals surface area contributed by atoms with Gasteiger partial charge < -0.3 is 5.32 Å². The molecule has 22 heavy (non-hydrogen) atoms. The fourth-order valence-electron chi connectivity index (χ4n) is 1.94. The second kappa shape index (κ2) is 7.65. The van der Waals surface area contributed by atoms with Gasteiger partial charge >= 0.3 is 0 Å². The van der Waals surface area contributed by atoms with Gasteiger partial charge in [-0.05, 0) is 23.6 Å². The molecule has 1 amide bonds. The zero-order chi connectivity index (χ0) is 16.1. The van der Waals surface area contributed by atoms with Gasteiger partial charge in [-0.1, -0.05) is 26.0 Å². The Hall–Kier alpha value is -1.53. The highest BCUT2D eigenvalue weighted by Crippen LogP contribution is 2.19. The van der Waals surface area contributed by atoms with Gasteiger partial charge in [0.1, 0.15) is 5.01 Å². The first-order chi connectivity index (χ1) is 10.5. The van der Waals surface area contributed by atoms with Crippen LogP contribution in [0.2, 0.25) is 0 Å². The van der Waals surface area contributed by atoms with E-state index >= 15 is 0 Å². The third-order valence-electron chi connectivity index (χ3n) is 3.28. The zero-order valence-electron chi connectivity index (χ0n) is 13.0. The fourth-order valence-corrected chi connectivity index (χ4v) is 3.87. The zero-order valence-corrected chi connectivity index (χ0v) is 14.6. The molecule has 0 saturated heterocycles. The number of hydrogen-bond donors (Lipinski definition) is 1. The van der Waals surface area contributed by atoms with Crippen LogP contribution in [-0.2, 0) is 27.8 Å². The number of nitrogens with zero attached hydrogens (tertiary/aromatic N) is 1. The molecule has 0 fully saturated rings. The normalized spacial score (nSPS) is 12.4. The molecule has 0 spiro atoms. The topological polar surface area (TPSA) is 59.1 Å². The molecule has 1 aromatic carbocycles. The summed E-state index contributed by atoms with van der Waals surface area (Å²) in [5.74, 6) is 0.783. The molecular weight excluding hydrogens is 316 g/mol. The maximum atomic E-state index is 12.4. The highest BCUT2D eigenvalue weighted by atomic mass is 32.2. The van der Waals surface area contributed by atoms with Crippen LogP contribution < -0.4 is 5.32 Å². The number of thiazole rings is 1. The molecule has 0 aliphatic carbocycles. The van der Waals surface area contributed by atoms with E-state index in [0.717, 1.165) is 15.6 Å². The second-order valence-corrected chi connectivity index (χ2v) is 7.69. The quantitative estimate of drug-likeness (QED) is 0.882. The number of likely N-dealkylation sites (N-methyl/N-ethyl adjacent to an activating group) is 1. The van der Waals surface area contributed by atoms with E-state index in [4.69, 9.17) is 0 Å². The minimum Gasteiger partial charge on any atom is -0.359 e. The van der Waals surface area contributed by atoms with Gasteiger partial charge in [0, 0.05) is 17.3 Å². The first-order valence-electron chi connectivity index (χ1n) is 7.11. The van der Waals surface area contributed by atoms with Crippen LogP contribution in [0.3, 0.4) is 0 Å². The summed E-state index contributed by atoms with van der Waals surface area (Å²) >= 11 is 1.43. The molecule has 1 atom stereocenters. The SMILES string of the molecule is CNC(=O)Cc1nc(C[S@@](=O)c2ccc(C(C)C)cc2)cs1. The van der Waals surface area contributed by atoms with Crippen molar-refractivity contribution < 1.29 is 9.00 Å². The number of nitrogens with one attached hydrogen (secondary N) is 1. The van der Waals surface area contributed by atoms with Crippen molar-refractivity contribution in [2.24, 2.45) is 0 Å². The van der Waals surface area contributed by atoms with E-state index in [9.17, 15) is 9.00 Å². The molecule has 0 aliphatic rings. The molecule has 1 aromatic heterocycles. The minimum atomic E-state index is -1.11. The van der Waals surface area contributed by atoms with Crippen LogP contribution in [0.15, 0.2) is 34.5 Å². The maximum absolute atomic E-state index is 12.4. The van der Waals surface area contributed by atoms with Gasteiger partial charge in [-0.15, -0.1) is 11.3 Å². The summed E-state index contributed by atoms with van der Waals surface area (Å²) in [5, 5.41) is 5.20. The number of aromatic nitrogens is 1. The Kier molecular flexibility index (Phi) is 5.85. The Morgan fingerprint density at radius 2 is 2.00 bits per heavy atom. The van der Waals surface area contributed by atoms with Crippen molar-refractivity contribution in [3.8, 4) is 0 Å². The highest BCUT2D eigenvalue weighted by Gasteiger charge is 2.11. The molecule has 0 unspecified atom stereocenters. The van der Waals surface area contributed by atoms with Gasteiger partial charge in [0.15, 0.2) is 0 Å². The van der Waals surface area contributed by atoms with Gasteiger partial charge in [-0.25, -0.2) is 4.98 Å². The van der Waals surface area contributed by atoms with Gasteiger partial charge in [0.25, 0.3) is 0 Å². The van der Waals surface area contributed by atoms with Gasteiger partial charge in [0.05, 0.1) is 28.7 Å². The smallest absolute Gasteiger partial charge is 0.226 e. The minimum absolute atomic E-state index is 0.0636. The molecule has 0 bridgehead atoms. The Morgan fingerprint density at radius 1 is 1.32 bits per heavy atom. The summed E-state index contributed by atoms with van der Waals surface area (Å²) in [6.07, 6.45) is 0.275. The first-order valence-corrected chi connectivity index (χ1v) is 9.31. The van der Waals surface area contributed by atoms with Gasteiger partial charge in [0.2, 0.25) is 5.91 Å². The van der Waals surface area contributed by atoms with E-state index in [-0.39, 0.29) is 12.3 Å². The third kappa shape index (κ3) is 4.48. The summed E-state index contributed by atoms with van der Waals surface area (Å²) < 4.78 is 12.4. The van der Waals surface area contributed by atoms with Gasteiger partial charge in [-0.2, -0.15) is 0 Å². The molecule has 118 valence electrons. The lowest BCUT2D eigenvalue weighted by Crippen LogP contribution is -2.19. The molecule has 0 radical (unpaired) electrons. The Labute approximate surface area is 137 Å². The summed E-state index contributed by atoms with van der Waals surface area (Å²) in [4.78, 5) is 16.5. The molecule has 2 aromatic rings. The number of rotatable bonds is 6. The number of carbonyl (C=O) groups excluding carboxylic acids is 1. The van der Waals surface area contributed by atoms with E-state index in [1.54, 1.807) is 7.05 Å². The lowest BCUT2D eigenvalue weighted by Gasteiger charge is -2.06. The monoisotopic (exact) mass is 336 g/mol. The summed E-state index contributed by atoms with van der Waals surface area (Å²) in [5.41, 5.74) is 2.01. The molecular formula is C16H20N2O2S2. The Morgan fingerprint density at radius 3 is 2.59 bits per heavy atom. The van der Waals surface area contributed by atoms with Crippen LogP contribution in [0.1, 0.15) is 36.0 Å². The van der Waals surface area contributed by atoms with E-state index in [0.29, 0.717) is 11.7 Å². The van der Waals surface area contributed by atoms with Crippen molar-refractivity contribution in [3.63, 3.8) is 0 Å². The molecule has 1 heterocycles. The van der Waals surface area contributed by atoms with E-state index < -0.39 is 10.8 Å². The average Bonchev–Trinajstić information content (AvgIpc) is 2.94. The summed E-state index contributed by atoms with van der Waals surface area (Å²) in [6.45, 7) is 4.27. The van der Waals surface area contributed by atoms with Crippen LogP contribution >= 0.6 is 11.3 Å².